The predicted octanol–water partition coefficient (Wildman–Crippen LogP) is 4.40. The Morgan fingerprint density at radius 3 is 2.74 bits per heavy atom. The maximum absolute atomic E-state index is 12.4. The minimum absolute atomic E-state index is 0.0915. The minimum Gasteiger partial charge on any atom is -0.455 e. The van der Waals surface area contributed by atoms with Gasteiger partial charge in [0.05, 0.1) is 34.9 Å². The van der Waals surface area contributed by atoms with Crippen molar-refractivity contribution in [2.24, 2.45) is 0 Å². The summed E-state index contributed by atoms with van der Waals surface area (Å²) in [4.78, 5) is 26.5. The van der Waals surface area contributed by atoms with E-state index in [-0.39, 0.29) is 12.0 Å². The standard InChI is InChI=1S/C27H32ClN5O4S/c1-35-17-19-15-25(33-12-10-32(11-13-33)23-7-3-2-6-22(23)28)31-27(30-19)38-18-21-8-9-24(37-21)26(34)29-16-20-5-4-14-36-20/h2-3,6-9,15,20H,4-5,10-14,16-18H2,1H3,(H,29,34)/t20-/m1/s1. The van der Waals surface area contributed by atoms with Gasteiger partial charge in [0.25, 0.3) is 5.91 Å². The molecule has 1 N–H and O–H groups in total. The summed E-state index contributed by atoms with van der Waals surface area (Å²) in [7, 11) is 1.66. The van der Waals surface area contributed by atoms with E-state index in [4.69, 9.17) is 30.5 Å². The number of ether oxygens (including phenoxy) is 2. The molecule has 4 heterocycles. The average Bonchev–Trinajstić information content (AvgIpc) is 3.64. The molecule has 0 spiro atoms. The molecule has 2 fully saturated rings. The van der Waals surface area contributed by atoms with Crippen LogP contribution in [-0.2, 0) is 21.8 Å². The highest BCUT2D eigenvalue weighted by Crippen LogP contribution is 2.28. The Bertz CT molecular complexity index is 1230. The van der Waals surface area contributed by atoms with Crippen molar-refractivity contribution in [2.75, 3.05) is 56.2 Å². The number of carbonyl (C=O) groups is 1. The molecule has 1 amide bonds. The summed E-state index contributed by atoms with van der Waals surface area (Å²) in [6.45, 7) is 5.00. The molecule has 0 radical (unpaired) electrons. The fourth-order valence-corrected chi connectivity index (χ4v) is 5.63. The van der Waals surface area contributed by atoms with E-state index in [2.05, 4.69) is 26.2 Å². The van der Waals surface area contributed by atoms with Crippen molar-refractivity contribution >= 4 is 40.8 Å². The first kappa shape index (κ1) is 26.8. The number of rotatable bonds is 10. The molecule has 2 aromatic heterocycles. The van der Waals surface area contributed by atoms with Crippen molar-refractivity contribution in [3.63, 3.8) is 0 Å². The van der Waals surface area contributed by atoms with Crippen LogP contribution in [0.3, 0.4) is 0 Å². The number of hydrogen-bond donors (Lipinski definition) is 1. The predicted molar refractivity (Wildman–Crippen MR) is 148 cm³/mol. The second-order valence-electron chi connectivity index (χ2n) is 9.26. The molecule has 1 aromatic carbocycles. The van der Waals surface area contributed by atoms with Crippen LogP contribution < -0.4 is 15.1 Å². The molecule has 0 saturated carbocycles. The number of thioether (sulfide) groups is 1. The summed E-state index contributed by atoms with van der Waals surface area (Å²) >= 11 is 7.88. The lowest BCUT2D eigenvalue weighted by atomic mass is 10.2. The molecule has 202 valence electrons. The second-order valence-corrected chi connectivity index (χ2v) is 10.6. The Morgan fingerprint density at radius 2 is 1.97 bits per heavy atom. The first-order valence-electron chi connectivity index (χ1n) is 12.8. The van der Waals surface area contributed by atoms with E-state index in [1.54, 1.807) is 13.2 Å². The van der Waals surface area contributed by atoms with E-state index in [1.807, 2.05) is 30.3 Å². The summed E-state index contributed by atoms with van der Waals surface area (Å²) < 4.78 is 16.7. The number of benzene rings is 1. The van der Waals surface area contributed by atoms with E-state index >= 15 is 0 Å². The monoisotopic (exact) mass is 557 g/mol. The van der Waals surface area contributed by atoms with Gasteiger partial charge in [-0.25, -0.2) is 9.97 Å². The Labute approximate surface area is 231 Å². The van der Waals surface area contributed by atoms with Gasteiger partial charge in [0.15, 0.2) is 10.9 Å². The smallest absolute Gasteiger partial charge is 0.287 e. The maximum Gasteiger partial charge on any atom is 0.287 e. The zero-order chi connectivity index (χ0) is 26.3. The van der Waals surface area contributed by atoms with Crippen LogP contribution in [0.4, 0.5) is 11.5 Å². The van der Waals surface area contributed by atoms with Gasteiger partial charge in [-0.1, -0.05) is 35.5 Å². The third-order valence-corrected chi connectivity index (χ3v) is 7.77. The SMILES string of the molecule is COCc1cc(N2CCN(c3ccccc3Cl)CC2)nc(SCc2ccc(C(=O)NC[C@H]3CCCO3)o2)n1. The van der Waals surface area contributed by atoms with Crippen LogP contribution in [0.2, 0.25) is 5.02 Å². The summed E-state index contributed by atoms with van der Waals surface area (Å²) in [6.07, 6.45) is 2.10. The van der Waals surface area contributed by atoms with Gasteiger partial charge in [-0.05, 0) is 37.1 Å². The molecule has 2 saturated heterocycles. The third kappa shape index (κ3) is 6.79. The molecule has 2 aliphatic rings. The van der Waals surface area contributed by atoms with Crippen LogP contribution >= 0.6 is 23.4 Å². The summed E-state index contributed by atoms with van der Waals surface area (Å²) in [5, 5.41) is 4.30. The molecule has 0 aliphatic carbocycles. The van der Waals surface area contributed by atoms with Crippen LogP contribution in [0.1, 0.15) is 34.9 Å². The molecular formula is C27H32ClN5O4S. The number of para-hydroxylation sites is 1. The number of piperazine rings is 1. The molecule has 3 aromatic rings. The van der Waals surface area contributed by atoms with Gasteiger partial charge in [0.1, 0.15) is 11.6 Å². The lowest BCUT2D eigenvalue weighted by molar-refractivity contribution is 0.0834. The number of methoxy groups -OCH3 is 1. The highest BCUT2D eigenvalue weighted by atomic mass is 35.5. The van der Waals surface area contributed by atoms with Crippen molar-refractivity contribution in [3.05, 3.63) is 64.7 Å². The van der Waals surface area contributed by atoms with Crippen molar-refractivity contribution in [3.8, 4) is 0 Å². The van der Waals surface area contributed by atoms with Crippen LogP contribution in [-0.4, -0.2) is 68.4 Å². The molecule has 38 heavy (non-hydrogen) atoms. The zero-order valence-corrected chi connectivity index (χ0v) is 23.0. The van der Waals surface area contributed by atoms with Gasteiger partial charge >= 0.3 is 0 Å². The Kier molecular flexibility index (Phi) is 9.06. The van der Waals surface area contributed by atoms with Crippen LogP contribution in [0.25, 0.3) is 0 Å². The van der Waals surface area contributed by atoms with E-state index in [9.17, 15) is 4.79 Å². The number of nitrogens with zero attached hydrogens (tertiary/aromatic N) is 4. The topological polar surface area (TPSA) is 93.0 Å². The van der Waals surface area contributed by atoms with Crippen molar-refractivity contribution in [2.45, 2.75) is 36.5 Å². The Hall–Kier alpha value is -2.79. The summed E-state index contributed by atoms with van der Waals surface area (Å²) in [5.74, 6) is 2.14. The lowest BCUT2D eigenvalue weighted by Crippen LogP contribution is -2.47. The third-order valence-electron chi connectivity index (χ3n) is 6.58. The van der Waals surface area contributed by atoms with Crippen molar-refractivity contribution < 1.29 is 18.7 Å². The zero-order valence-electron chi connectivity index (χ0n) is 21.4. The number of aromatic nitrogens is 2. The van der Waals surface area contributed by atoms with Gasteiger partial charge in [-0.3, -0.25) is 4.79 Å². The number of halogens is 1. The quantitative estimate of drug-likeness (QED) is 0.287. The molecule has 5 rings (SSSR count). The highest BCUT2D eigenvalue weighted by molar-refractivity contribution is 7.98. The molecule has 1 atom stereocenters. The molecule has 0 bridgehead atoms. The minimum atomic E-state index is -0.228. The fraction of sp³-hybridized carbons (Fsp3) is 0.444. The number of nitrogens with one attached hydrogen (secondary N) is 1. The van der Waals surface area contributed by atoms with Gasteiger partial charge in [-0.15, -0.1) is 0 Å². The average molecular weight is 558 g/mol. The maximum atomic E-state index is 12.4. The number of hydrogen-bond acceptors (Lipinski definition) is 9. The van der Waals surface area contributed by atoms with Gasteiger partial charge in [-0.2, -0.15) is 0 Å². The number of amides is 1. The largest absolute Gasteiger partial charge is 0.455 e. The number of anilines is 2. The lowest BCUT2D eigenvalue weighted by Gasteiger charge is -2.37. The van der Waals surface area contributed by atoms with E-state index < -0.39 is 0 Å². The van der Waals surface area contributed by atoms with Gasteiger partial charge in [0.2, 0.25) is 0 Å². The first-order valence-corrected chi connectivity index (χ1v) is 14.2. The van der Waals surface area contributed by atoms with Gasteiger partial charge < -0.3 is 29.0 Å². The summed E-state index contributed by atoms with van der Waals surface area (Å²) in [5.41, 5.74) is 1.88. The Morgan fingerprint density at radius 1 is 1.16 bits per heavy atom. The highest BCUT2D eigenvalue weighted by Gasteiger charge is 2.22. The van der Waals surface area contributed by atoms with E-state index in [1.165, 1.54) is 11.8 Å². The fourth-order valence-electron chi connectivity index (χ4n) is 4.60. The van der Waals surface area contributed by atoms with E-state index in [0.717, 1.165) is 67.8 Å². The molecule has 11 heteroatoms. The summed E-state index contributed by atoms with van der Waals surface area (Å²) in [6, 6.07) is 13.5. The molecular weight excluding hydrogens is 526 g/mol. The number of furan rings is 1. The first-order chi connectivity index (χ1) is 18.6. The number of carbonyl (C=O) groups excluding carboxylic acids is 1. The molecule has 2 aliphatic heterocycles. The second kappa shape index (κ2) is 12.8. The van der Waals surface area contributed by atoms with Crippen LogP contribution in [0.15, 0.2) is 52.0 Å². The molecule has 0 unspecified atom stereocenters. The van der Waals surface area contributed by atoms with Gasteiger partial charge in [0, 0.05) is 52.5 Å². The Balaban J connectivity index is 1.19. The van der Waals surface area contributed by atoms with Crippen LogP contribution in [0, 0.1) is 0 Å². The van der Waals surface area contributed by atoms with Crippen LogP contribution in [0.5, 0.6) is 0 Å². The van der Waals surface area contributed by atoms with Crippen molar-refractivity contribution in [1.82, 2.24) is 15.3 Å². The van der Waals surface area contributed by atoms with Crippen molar-refractivity contribution in [1.29, 1.82) is 0 Å². The molecule has 9 nitrogen and oxygen atoms in total. The van der Waals surface area contributed by atoms with E-state index in [0.29, 0.717) is 35.6 Å². The normalized spacial score (nSPS) is 17.7.